The number of aromatic nitrogens is 1. The number of anilines is 1. The van der Waals surface area contributed by atoms with Gasteiger partial charge in [0.2, 0.25) is 0 Å². The predicted octanol–water partition coefficient (Wildman–Crippen LogP) is 3.33. The average Bonchev–Trinajstić information content (AvgIpc) is 2.46. The summed E-state index contributed by atoms with van der Waals surface area (Å²) in [5.41, 5.74) is 9.27. The first kappa shape index (κ1) is 14.0. The molecule has 0 spiro atoms. The van der Waals surface area contributed by atoms with Gasteiger partial charge in [-0.25, -0.2) is 0 Å². The minimum Gasteiger partial charge on any atom is -0.367 e. The normalized spacial score (nSPS) is 10.5. The molecule has 2 aromatic rings. The molecule has 2 N–H and O–H groups in total. The maximum absolute atomic E-state index is 5.68. The van der Waals surface area contributed by atoms with E-state index in [1.165, 1.54) is 11.3 Å². The zero-order valence-electron chi connectivity index (χ0n) is 11.0. The molecule has 0 unspecified atom stereocenters. The Labute approximate surface area is 122 Å². The molecule has 0 fully saturated rings. The van der Waals surface area contributed by atoms with Gasteiger partial charge >= 0.3 is 0 Å². The van der Waals surface area contributed by atoms with Gasteiger partial charge in [0.25, 0.3) is 0 Å². The van der Waals surface area contributed by atoms with Crippen molar-refractivity contribution in [2.45, 2.75) is 20.0 Å². The Hall–Kier alpha value is -1.39. The topological polar surface area (TPSA) is 42.2 Å². The molecule has 0 saturated carbocycles. The molecular weight excluding hydrogens is 302 g/mol. The highest BCUT2D eigenvalue weighted by atomic mass is 79.9. The third-order valence-electron chi connectivity index (χ3n) is 3.13. The van der Waals surface area contributed by atoms with E-state index in [0.717, 1.165) is 23.1 Å². The van der Waals surface area contributed by atoms with Crippen LogP contribution in [0.25, 0.3) is 0 Å². The monoisotopic (exact) mass is 319 g/mol. The molecule has 0 amide bonds. The molecule has 19 heavy (non-hydrogen) atoms. The highest BCUT2D eigenvalue weighted by Gasteiger charge is 2.07. The van der Waals surface area contributed by atoms with Crippen molar-refractivity contribution >= 4 is 21.6 Å². The van der Waals surface area contributed by atoms with E-state index in [4.69, 9.17) is 5.73 Å². The summed E-state index contributed by atoms with van der Waals surface area (Å²) in [5, 5.41) is 0. The lowest BCUT2D eigenvalue weighted by Gasteiger charge is -2.24. The van der Waals surface area contributed by atoms with Gasteiger partial charge in [-0.3, -0.25) is 4.98 Å². The molecule has 0 saturated heterocycles. The minimum absolute atomic E-state index is 0.553. The Balaban J connectivity index is 2.20. The van der Waals surface area contributed by atoms with E-state index in [0.29, 0.717) is 6.54 Å². The van der Waals surface area contributed by atoms with Gasteiger partial charge in [0, 0.05) is 42.2 Å². The van der Waals surface area contributed by atoms with Crippen LogP contribution in [-0.2, 0) is 13.1 Å². The Bertz CT molecular complexity index is 528. The fourth-order valence-corrected chi connectivity index (χ4v) is 2.52. The van der Waals surface area contributed by atoms with Crippen molar-refractivity contribution in [3.8, 4) is 0 Å². The lowest BCUT2D eigenvalue weighted by Crippen LogP contribution is -2.22. The van der Waals surface area contributed by atoms with Crippen LogP contribution in [0.2, 0.25) is 0 Å². The van der Waals surface area contributed by atoms with Crippen molar-refractivity contribution in [1.29, 1.82) is 0 Å². The number of halogens is 1. The number of pyridine rings is 1. The van der Waals surface area contributed by atoms with Gasteiger partial charge in [-0.05, 0) is 42.3 Å². The molecule has 0 bridgehead atoms. The number of hydrogen-bond acceptors (Lipinski definition) is 3. The molecule has 0 atom stereocenters. The van der Waals surface area contributed by atoms with Crippen LogP contribution in [0.4, 0.5) is 5.69 Å². The quantitative estimate of drug-likeness (QED) is 0.919. The number of benzene rings is 1. The molecule has 0 aliphatic rings. The molecule has 100 valence electrons. The molecule has 2 rings (SSSR count). The first-order chi connectivity index (χ1) is 9.24. The van der Waals surface area contributed by atoms with E-state index < -0.39 is 0 Å². The standard InChI is InChI=1S/C15H18BrN3/c1-2-19(11-12-5-7-18-8-6-12)14-4-3-13(10-17)15(16)9-14/h3-9H,2,10-11,17H2,1H3. The summed E-state index contributed by atoms with van der Waals surface area (Å²) in [6.45, 7) is 4.55. The molecule has 0 aliphatic carbocycles. The van der Waals surface area contributed by atoms with E-state index >= 15 is 0 Å². The van der Waals surface area contributed by atoms with E-state index in [1.54, 1.807) is 0 Å². The van der Waals surface area contributed by atoms with Gasteiger partial charge in [-0.1, -0.05) is 22.0 Å². The molecule has 0 aliphatic heterocycles. The molecule has 0 radical (unpaired) electrons. The number of rotatable bonds is 5. The third-order valence-corrected chi connectivity index (χ3v) is 3.86. The highest BCUT2D eigenvalue weighted by molar-refractivity contribution is 9.10. The van der Waals surface area contributed by atoms with E-state index in [2.05, 4.69) is 50.9 Å². The second kappa shape index (κ2) is 6.68. The highest BCUT2D eigenvalue weighted by Crippen LogP contribution is 2.25. The Morgan fingerprint density at radius 1 is 1.21 bits per heavy atom. The first-order valence-electron chi connectivity index (χ1n) is 6.37. The van der Waals surface area contributed by atoms with Gasteiger partial charge in [0.1, 0.15) is 0 Å². The Kier molecular flexibility index (Phi) is 4.93. The van der Waals surface area contributed by atoms with Crippen LogP contribution in [0.1, 0.15) is 18.1 Å². The summed E-state index contributed by atoms with van der Waals surface area (Å²) in [7, 11) is 0. The molecule has 1 aromatic carbocycles. The van der Waals surface area contributed by atoms with Crippen molar-refractivity contribution in [1.82, 2.24) is 4.98 Å². The van der Waals surface area contributed by atoms with Crippen molar-refractivity contribution < 1.29 is 0 Å². The number of nitrogens with zero attached hydrogens (tertiary/aromatic N) is 2. The number of nitrogens with two attached hydrogens (primary N) is 1. The lowest BCUT2D eigenvalue weighted by atomic mass is 10.1. The second-order valence-electron chi connectivity index (χ2n) is 4.35. The van der Waals surface area contributed by atoms with Crippen LogP contribution in [0.15, 0.2) is 47.2 Å². The van der Waals surface area contributed by atoms with Gasteiger partial charge in [0.05, 0.1) is 0 Å². The van der Waals surface area contributed by atoms with Crippen molar-refractivity contribution in [3.63, 3.8) is 0 Å². The lowest BCUT2D eigenvalue weighted by molar-refractivity contribution is 0.829. The predicted molar refractivity (Wildman–Crippen MR) is 83.0 cm³/mol. The number of hydrogen-bond donors (Lipinski definition) is 1. The first-order valence-corrected chi connectivity index (χ1v) is 7.16. The van der Waals surface area contributed by atoms with Crippen molar-refractivity contribution in [3.05, 3.63) is 58.3 Å². The third kappa shape index (κ3) is 3.55. The van der Waals surface area contributed by atoms with Crippen LogP contribution in [0, 0.1) is 0 Å². The Morgan fingerprint density at radius 3 is 2.53 bits per heavy atom. The summed E-state index contributed by atoms with van der Waals surface area (Å²) in [6, 6.07) is 10.4. The fraction of sp³-hybridized carbons (Fsp3) is 0.267. The zero-order valence-corrected chi connectivity index (χ0v) is 12.6. The maximum atomic E-state index is 5.68. The second-order valence-corrected chi connectivity index (χ2v) is 5.20. The van der Waals surface area contributed by atoms with Crippen LogP contribution in [-0.4, -0.2) is 11.5 Å². The van der Waals surface area contributed by atoms with Crippen LogP contribution < -0.4 is 10.6 Å². The Morgan fingerprint density at radius 2 is 1.95 bits per heavy atom. The summed E-state index contributed by atoms with van der Waals surface area (Å²) in [6.07, 6.45) is 3.66. The van der Waals surface area contributed by atoms with Gasteiger partial charge < -0.3 is 10.6 Å². The maximum Gasteiger partial charge on any atom is 0.0430 e. The van der Waals surface area contributed by atoms with Crippen molar-refractivity contribution in [2.75, 3.05) is 11.4 Å². The smallest absolute Gasteiger partial charge is 0.0430 e. The average molecular weight is 320 g/mol. The van der Waals surface area contributed by atoms with E-state index in [1.807, 2.05) is 24.5 Å². The molecule has 3 nitrogen and oxygen atoms in total. The molecular formula is C15H18BrN3. The van der Waals surface area contributed by atoms with Gasteiger partial charge in [0.15, 0.2) is 0 Å². The zero-order chi connectivity index (χ0) is 13.7. The van der Waals surface area contributed by atoms with Crippen molar-refractivity contribution in [2.24, 2.45) is 5.73 Å². The van der Waals surface area contributed by atoms with Gasteiger partial charge in [-0.15, -0.1) is 0 Å². The summed E-state index contributed by atoms with van der Waals surface area (Å²) >= 11 is 3.57. The minimum atomic E-state index is 0.553. The van der Waals surface area contributed by atoms with Gasteiger partial charge in [-0.2, -0.15) is 0 Å². The largest absolute Gasteiger partial charge is 0.367 e. The van der Waals surface area contributed by atoms with E-state index in [-0.39, 0.29) is 0 Å². The summed E-state index contributed by atoms with van der Waals surface area (Å²) in [5.74, 6) is 0. The van der Waals surface area contributed by atoms with E-state index in [9.17, 15) is 0 Å². The van der Waals surface area contributed by atoms with Crippen LogP contribution in [0.3, 0.4) is 0 Å². The SMILES string of the molecule is CCN(Cc1ccncc1)c1ccc(CN)c(Br)c1. The summed E-state index contributed by atoms with van der Waals surface area (Å²) < 4.78 is 1.07. The van der Waals surface area contributed by atoms with Crippen LogP contribution in [0.5, 0.6) is 0 Å². The fourth-order valence-electron chi connectivity index (χ4n) is 1.99. The molecule has 1 heterocycles. The molecule has 4 heteroatoms. The summed E-state index contributed by atoms with van der Waals surface area (Å²) in [4.78, 5) is 6.37. The molecule has 1 aromatic heterocycles. The van der Waals surface area contributed by atoms with Crippen LogP contribution >= 0.6 is 15.9 Å².